The van der Waals surface area contributed by atoms with E-state index in [1.54, 1.807) is 13.2 Å². The van der Waals surface area contributed by atoms with Crippen LogP contribution in [0.4, 0.5) is 11.6 Å². The van der Waals surface area contributed by atoms with E-state index in [0.717, 1.165) is 90.1 Å². The molecule has 2 aliphatic rings. The molecular formula is C39H48N8O2. The van der Waals surface area contributed by atoms with E-state index < -0.39 is 0 Å². The van der Waals surface area contributed by atoms with Crippen molar-refractivity contribution in [2.24, 2.45) is 23.9 Å². The summed E-state index contributed by atoms with van der Waals surface area (Å²) in [5, 5.41) is 11.4. The van der Waals surface area contributed by atoms with Crippen LogP contribution in [0.2, 0.25) is 0 Å². The van der Waals surface area contributed by atoms with Gasteiger partial charge in [-0.25, -0.2) is 9.97 Å². The number of ether oxygens (including phenoxy) is 1. The lowest BCUT2D eigenvalue weighted by atomic mass is 9.91. The van der Waals surface area contributed by atoms with Crippen molar-refractivity contribution in [2.75, 3.05) is 46.2 Å². The Morgan fingerprint density at radius 3 is 2.57 bits per heavy atom. The number of aryl methyl sites for hydroxylation is 3. The third kappa shape index (κ3) is 7.59. The van der Waals surface area contributed by atoms with Crippen molar-refractivity contribution < 1.29 is 9.53 Å². The van der Waals surface area contributed by atoms with Crippen LogP contribution >= 0.6 is 0 Å². The number of aliphatic imine (C=N–C) groups is 1. The van der Waals surface area contributed by atoms with Crippen molar-refractivity contribution >= 4 is 29.3 Å². The monoisotopic (exact) mass is 660 g/mol. The smallest absolute Gasteiger partial charge is 0.251 e. The van der Waals surface area contributed by atoms with Gasteiger partial charge in [0.25, 0.3) is 5.91 Å². The summed E-state index contributed by atoms with van der Waals surface area (Å²) in [5.74, 6) is 1.88. The van der Waals surface area contributed by atoms with Gasteiger partial charge in [-0.05, 0) is 92.6 Å². The Labute approximate surface area is 289 Å². The van der Waals surface area contributed by atoms with E-state index in [9.17, 15) is 4.79 Å². The molecular weight excluding hydrogens is 612 g/mol. The van der Waals surface area contributed by atoms with Gasteiger partial charge in [-0.15, -0.1) is 0 Å². The van der Waals surface area contributed by atoms with Gasteiger partial charge in [0.1, 0.15) is 5.75 Å². The van der Waals surface area contributed by atoms with Crippen molar-refractivity contribution in [1.82, 2.24) is 30.0 Å². The number of carbonyl (C=O) groups excluding carboxylic acids is 1. The second kappa shape index (κ2) is 15.2. The van der Waals surface area contributed by atoms with Gasteiger partial charge < -0.3 is 20.3 Å². The van der Waals surface area contributed by atoms with Crippen LogP contribution in [0, 0.1) is 11.8 Å². The third-order valence-corrected chi connectivity index (χ3v) is 9.82. The van der Waals surface area contributed by atoms with E-state index in [-0.39, 0.29) is 5.91 Å². The van der Waals surface area contributed by atoms with E-state index in [1.165, 1.54) is 0 Å². The second-order valence-electron chi connectivity index (χ2n) is 13.3. The number of fused-ring (bicyclic) bond motifs is 3. The number of nitrogens with zero attached hydrogens (tertiary/aromatic N) is 6. The van der Waals surface area contributed by atoms with Crippen LogP contribution in [-0.2, 0) is 19.9 Å². The van der Waals surface area contributed by atoms with Crippen LogP contribution < -0.4 is 15.4 Å². The number of anilines is 2. The zero-order valence-electron chi connectivity index (χ0n) is 29.6. The quantitative estimate of drug-likeness (QED) is 0.175. The maximum Gasteiger partial charge on any atom is 0.251 e. The number of rotatable bonds is 11. The fourth-order valence-electron chi connectivity index (χ4n) is 6.71. The molecule has 0 spiro atoms. The molecule has 0 radical (unpaired) electrons. The standard InChI is InChI=1S/C39H48N8O2/c1-7-25(2)20-31(23-40-3)27-8-10-28(11-9-27)37-35-33(45-47(37)5)15-13-30-24-42-39(44-36(30)35)43-32-14-12-29(21-34(32)49-6)38(48)41-22-26-16-18-46(4)19-17-26/h8-12,14,20-21,23-26H,7,13,15-19,22H2,1-6H3,(H,41,48)(H,42,43,44)/b31-20+,40-23?. The predicted octanol–water partition coefficient (Wildman–Crippen LogP) is 6.60. The Morgan fingerprint density at radius 1 is 1.10 bits per heavy atom. The topological polar surface area (TPSA) is 110 Å². The van der Waals surface area contributed by atoms with Crippen molar-refractivity contribution in [2.45, 2.75) is 46.0 Å². The highest BCUT2D eigenvalue weighted by atomic mass is 16.5. The number of hydrogen-bond donors (Lipinski definition) is 2. The molecule has 0 bridgehead atoms. The average Bonchev–Trinajstić information content (AvgIpc) is 3.47. The van der Waals surface area contributed by atoms with Crippen LogP contribution in [-0.4, -0.2) is 77.6 Å². The van der Waals surface area contributed by atoms with E-state index in [0.29, 0.717) is 41.3 Å². The molecule has 1 fully saturated rings. The number of aromatic nitrogens is 4. The lowest BCUT2D eigenvalue weighted by Gasteiger charge is -2.28. The van der Waals surface area contributed by atoms with Crippen LogP contribution in [0.15, 0.2) is 59.7 Å². The number of benzene rings is 2. The van der Waals surface area contributed by atoms with Gasteiger partial charge in [-0.2, -0.15) is 5.10 Å². The molecule has 1 aliphatic carbocycles. The van der Waals surface area contributed by atoms with Gasteiger partial charge >= 0.3 is 0 Å². The average molecular weight is 661 g/mol. The molecule has 1 aliphatic heterocycles. The van der Waals surface area contributed by atoms with E-state index in [4.69, 9.17) is 14.8 Å². The molecule has 2 aromatic carbocycles. The molecule has 1 atom stereocenters. The molecule has 1 unspecified atom stereocenters. The Balaban J connectivity index is 1.24. The lowest BCUT2D eigenvalue weighted by Crippen LogP contribution is -2.36. The first kappa shape index (κ1) is 34.0. The van der Waals surface area contributed by atoms with E-state index in [1.807, 2.05) is 43.3 Å². The molecule has 3 heterocycles. The van der Waals surface area contributed by atoms with Gasteiger partial charge in [0.15, 0.2) is 0 Å². The van der Waals surface area contributed by atoms with Crippen molar-refractivity contribution in [1.29, 1.82) is 0 Å². The Bertz CT molecular complexity index is 1850. The highest BCUT2D eigenvalue weighted by molar-refractivity contribution is 6.10. The number of allylic oxidation sites excluding steroid dienone is 2. The number of methoxy groups -OCH3 is 1. The fraction of sp³-hybridized carbons (Fsp3) is 0.410. The van der Waals surface area contributed by atoms with Crippen LogP contribution in [0.3, 0.4) is 0 Å². The van der Waals surface area contributed by atoms with Crippen LogP contribution in [0.1, 0.15) is 60.3 Å². The minimum absolute atomic E-state index is 0.0975. The maximum atomic E-state index is 13.0. The highest BCUT2D eigenvalue weighted by Crippen LogP contribution is 2.40. The molecule has 10 heteroatoms. The molecule has 6 rings (SSSR count). The molecule has 49 heavy (non-hydrogen) atoms. The van der Waals surface area contributed by atoms with E-state index >= 15 is 0 Å². The number of likely N-dealkylation sites (tertiary alicyclic amines) is 1. The number of hydrogen-bond acceptors (Lipinski definition) is 8. The van der Waals surface area contributed by atoms with Gasteiger partial charge in [-0.3, -0.25) is 14.5 Å². The summed E-state index contributed by atoms with van der Waals surface area (Å²) < 4.78 is 7.67. The summed E-state index contributed by atoms with van der Waals surface area (Å²) in [6, 6.07) is 14.1. The minimum atomic E-state index is -0.0975. The Hall–Kier alpha value is -4.83. The first-order chi connectivity index (χ1) is 23.8. The third-order valence-electron chi connectivity index (χ3n) is 9.82. The fourth-order valence-corrected chi connectivity index (χ4v) is 6.71. The number of carbonyl (C=O) groups is 1. The molecule has 1 amide bonds. The summed E-state index contributed by atoms with van der Waals surface area (Å²) in [7, 11) is 7.55. The second-order valence-corrected chi connectivity index (χ2v) is 13.3. The number of nitrogens with one attached hydrogen (secondary N) is 2. The van der Waals surface area contributed by atoms with Crippen molar-refractivity contribution in [3.8, 4) is 28.3 Å². The van der Waals surface area contributed by atoms with Crippen molar-refractivity contribution in [3.63, 3.8) is 0 Å². The first-order valence-electron chi connectivity index (χ1n) is 17.4. The summed E-state index contributed by atoms with van der Waals surface area (Å²) >= 11 is 0. The summed E-state index contributed by atoms with van der Waals surface area (Å²) in [5.41, 5.74) is 9.64. The molecule has 4 aromatic rings. The van der Waals surface area contributed by atoms with Gasteiger partial charge in [0.2, 0.25) is 5.95 Å². The van der Waals surface area contributed by atoms with E-state index in [2.05, 4.69) is 76.7 Å². The van der Waals surface area contributed by atoms with Crippen LogP contribution in [0.25, 0.3) is 28.1 Å². The molecule has 1 saturated heterocycles. The van der Waals surface area contributed by atoms with Crippen LogP contribution in [0.5, 0.6) is 5.75 Å². The zero-order chi connectivity index (χ0) is 34.5. The van der Waals surface area contributed by atoms with Gasteiger partial charge in [0.05, 0.1) is 29.9 Å². The summed E-state index contributed by atoms with van der Waals surface area (Å²) in [6.07, 6.45) is 11.0. The molecule has 256 valence electrons. The summed E-state index contributed by atoms with van der Waals surface area (Å²) in [6.45, 7) is 7.25. The first-order valence-corrected chi connectivity index (χ1v) is 17.4. The Morgan fingerprint density at radius 2 is 1.86 bits per heavy atom. The normalized spacial score (nSPS) is 15.9. The minimum Gasteiger partial charge on any atom is -0.495 e. The predicted molar refractivity (Wildman–Crippen MR) is 198 cm³/mol. The zero-order valence-corrected chi connectivity index (χ0v) is 29.6. The summed E-state index contributed by atoms with van der Waals surface area (Å²) in [4.78, 5) is 29.4. The lowest BCUT2D eigenvalue weighted by molar-refractivity contribution is 0.0938. The van der Waals surface area contributed by atoms with Gasteiger partial charge in [0, 0.05) is 49.7 Å². The SMILES string of the molecule is CCC(C)/C=C(\C=NC)c1ccc(-c2c3c(nn2C)CCc2cnc(Nc4ccc(C(=O)NCC5CCN(C)CC5)cc4OC)nc2-3)cc1. The molecule has 10 nitrogen and oxygen atoms in total. The highest BCUT2D eigenvalue weighted by Gasteiger charge is 2.27. The number of piperidine rings is 1. The molecule has 2 N–H and O–H groups in total. The van der Waals surface area contributed by atoms with Gasteiger partial charge in [-0.1, -0.05) is 50.6 Å². The molecule has 2 aromatic heterocycles. The largest absolute Gasteiger partial charge is 0.495 e. The molecule has 0 saturated carbocycles. The maximum absolute atomic E-state index is 13.0. The van der Waals surface area contributed by atoms with Crippen molar-refractivity contribution in [3.05, 3.63) is 77.1 Å². The Kier molecular flexibility index (Phi) is 10.5. The number of amides is 1.